The van der Waals surface area contributed by atoms with Crippen LogP contribution in [0.5, 0.6) is 0 Å². The second-order valence-corrected chi connectivity index (χ2v) is 11.4. The Bertz CT molecular complexity index is 1510. The average Bonchev–Trinajstić information content (AvgIpc) is 3.38. The van der Waals surface area contributed by atoms with E-state index in [0.29, 0.717) is 21.1 Å². The first-order chi connectivity index (χ1) is 16.4. The molecule has 5 nitrogen and oxygen atoms in total. The third kappa shape index (κ3) is 4.74. The van der Waals surface area contributed by atoms with Crippen molar-refractivity contribution in [1.82, 2.24) is 9.13 Å². The normalized spacial score (nSPS) is 13.2. The van der Waals surface area contributed by atoms with Crippen LogP contribution >= 0.6 is 22.7 Å². The summed E-state index contributed by atoms with van der Waals surface area (Å²) in [5, 5.41) is 11.6. The van der Waals surface area contributed by atoms with Gasteiger partial charge in [-0.15, -0.1) is 22.7 Å². The van der Waals surface area contributed by atoms with Crippen molar-refractivity contribution in [2.45, 2.75) is 46.0 Å². The summed E-state index contributed by atoms with van der Waals surface area (Å²) in [6.07, 6.45) is -5.90. The van der Waals surface area contributed by atoms with Crippen molar-refractivity contribution in [2.24, 2.45) is 13.0 Å². The molecule has 1 N–H and O–H groups in total. The largest absolute Gasteiger partial charge is 0.416 e. The van der Waals surface area contributed by atoms with E-state index in [4.69, 9.17) is 0 Å². The van der Waals surface area contributed by atoms with Crippen LogP contribution in [0.4, 0.5) is 13.2 Å². The van der Waals surface area contributed by atoms with Gasteiger partial charge < -0.3 is 5.11 Å². The van der Waals surface area contributed by atoms with Gasteiger partial charge in [0.25, 0.3) is 5.56 Å². The van der Waals surface area contributed by atoms with Gasteiger partial charge in [-0.25, -0.2) is 4.79 Å². The van der Waals surface area contributed by atoms with Crippen molar-refractivity contribution in [3.05, 3.63) is 88.6 Å². The number of aliphatic hydroxyl groups excluding tert-OH is 1. The SMILES string of the molecule is Cc1ccc(C(O)c2c(Cc3ccccc3C(F)(F)F)sc3c2c(=O)n(C)c(=O)n3CC(C)C)s1. The molecule has 0 fully saturated rings. The van der Waals surface area contributed by atoms with Crippen LogP contribution in [-0.4, -0.2) is 14.2 Å². The van der Waals surface area contributed by atoms with Crippen molar-refractivity contribution in [3.63, 3.8) is 0 Å². The first-order valence-electron chi connectivity index (χ1n) is 11.0. The molecule has 0 radical (unpaired) electrons. The summed E-state index contributed by atoms with van der Waals surface area (Å²) < 4.78 is 43.6. The molecule has 1 unspecified atom stereocenters. The fraction of sp³-hybridized carbons (Fsp3) is 0.360. The summed E-state index contributed by atoms with van der Waals surface area (Å²) in [6.45, 7) is 6.08. The van der Waals surface area contributed by atoms with E-state index in [9.17, 15) is 27.9 Å². The highest BCUT2D eigenvalue weighted by molar-refractivity contribution is 7.19. The molecule has 1 aromatic carbocycles. The van der Waals surface area contributed by atoms with Crippen LogP contribution in [0.3, 0.4) is 0 Å². The first kappa shape index (κ1) is 25.4. The first-order valence-corrected chi connectivity index (χ1v) is 12.7. The fourth-order valence-corrected chi connectivity index (χ4v) is 6.43. The highest BCUT2D eigenvalue weighted by Crippen LogP contribution is 2.41. The van der Waals surface area contributed by atoms with Crippen molar-refractivity contribution in [2.75, 3.05) is 0 Å². The van der Waals surface area contributed by atoms with Gasteiger partial charge in [-0.1, -0.05) is 32.0 Å². The predicted octanol–water partition coefficient (Wildman–Crippen LogP) is 5.48. The number of aromatic nitrogens is 2. The molecule has 0 bridgehead atoms. The Morgan fingerprint density at radius 3 is 2.34 bits per heavy atom. The number of fused-ring (bicyclic) bond motifs is 1. The molecule has 0 amide bonds. The zero-order chi connectivity index (χ0) is 25.7. The summed E-state index contributed by atoms with van der Waals surface area (Å²) >= 11 is 2.45. The molecule has 4 aromatic rings. The minimum Gasteiger partial charge on any atom is -0.383 e. The average molecular weight is 523 g/mol. The molecule has 0 spiro atoms. The lowest BCUT2D eigenvalue weighted by atomic mass is 9.98. The van der Waals surface area contributed by atoms with E-state index in [1.807, 2.05) is 26.8 Å². The molecule has 35 heavy (non-hydrogen) atoms. The molecule has 0 aliphatic heterocycles. The third-order valence-electron chi connectivity index (χ3n) is 5.81. The molecule has 1 atom stereocenters. The molecule has 10 heteroatoms. The van der Waals surface area contributed by atoms with Crippen LogP contribution in [-0.2, 0) is 26.2 Å². The lowest BCUT2D eigenvalue weighted by Gasteiger charge is -2.15. The topological polar surface area (TPSA) is 64.2 Å². The molecule has 186 valence electrons. The molecule has 4 rings (SSSR count). The molecule has 0 saturated heterocycles. The van der Waals surface area contributed by atoms with Crippen molar-refractivity contribution >= 4 is 32.9 Å². The van der Waals surface area contributed by atoms with Gasteiger partial charge >= 0.3 is 11.9 Å². The van der Waals surface area contributed by atoms with Crippen LogP contribution in [0.2, 0.25) is 0 Å². The number of halogens is 3. The van der Waals surface area contributed by atoms with Gasteiger partial charge in [0.05, 0.1) is 10.9 Å². The number of aryl methyl sites for hydroxylation is 1. The lowest BCUT2D eigenvalue weighted by molar-refractivity contribution is -0.138. The monoisotopic (exact) mass is 522 g/mol. The predicted molar refractivity (Wildman–Crippen MR) is 134 cm³/mol. The summed E-state index contributed by atoms with van der Waals surface area (Å²) in [5.74, 6) is 0.0817. The van der Waals surface area contributed by atoms with Crippen LogP contribution in [0, 0.1) is 12.8 Å². The summed E-state index contributed by atoms with van der Waals surface area (Å²) in [4.78, 5) is 28.6. The van der Waals surface area contributed by atoms with E-state index in [-0.39, 0.29) is 28.9 Å². The fourth-order valence-electron chi connectivity index (χ4n) is 4.21. The molecule has 3 aromatic heterocycles. The van der Waals surface area contributed by atoms with Crippen LogP contribution in [0.1, 0.15) is 51.3 Å². The Balaban J connectivity index is 2.04. The van der Waals surface area contributed by atoms with E-state index < -0.39 is 29.1 Å². The highest BCUT2D eigenvalue weighted by atomic mass is 32.1. The van der Waals surface area contributed by atoms with Gasteiger partial charge in [-0.2, -0.15) is 13.2 Å². The smallest absolute Gasteiger partial charge is 0.383 e. The molecular formula is C25H25F3N2O3S2. The van der Waals surface area contributed by atoms with E-state index in [1.54, 1.807) is 6.07 Å². The van der Waals surface area contributed by atoms with E-state index in [2.05, 4.69) is 0 Å². The number of aliphatic hydroxyl groups is 1. The minimum atomic E-state index is -4.55. The summed E-state index contributed by atoms with van der Waals surface area (Å²) in [5.41, 5.74) is -1.53. The number of thiophene rings is 2. The number of hydrogen-bond donors (Lipinski definition) is 1. The van der Waals surface area contributed by atoms with Gasteiger partial charge in [-0.05, 0) is 36.6 Å². The summed E-state index contributed by atoms with van der Waals surface area (Å²) in [6, 6.07) is 8.87. The van der Waals surface area contributed by atoms with Crippen LogP contribution < -0.4 is 11.2 Å². The Morgan fingerprint density at radius 2 is 1.74 bits per heavy atom. The summed E-state index contributed by atoms with van der Waals surface area (Å²) in [7, 11) is 1.38. The Morgan fingerprint density at radius 1 is 1.06 bits per heavy atom. The molecule has 0 aliphatic rings. The number of nitrogens with zero attached hydrogens (tertiary/aromatic N) is 2. The van der Waals surface area contributed by atoms with E-state index in [1.165, 1.54) is 41.2 Å². The molecule has 0 aliphatic carbocycles. The standard InChI is InChI=1S/C25H25F3N2O3S2/c1-13(2)12-30-23-20(22(32)29(4)24(30)33)19(21(31)17-10-9-14(3)34-17)18(35-23)11-15-7-5-6-8-16(15)25(26,27)28/h5-10,13,21,31H,11-12H2,1-4H3. The van der Waals surface area contributed by atoms with Gasteiger partial charge in [-0.3, -0.25) is 13.9 Å². The Kier molecular flexibility index (Phi) is 6.82. The van der Waals surface area contributed by atoms with Gasteiger partial charge in [0.2, 0.25) is 0 Å². The highest BCUT2D eigenvalue weighted by Gasteiger charge is 2.34. The zero-order valence-electron chi connectivity index (χ0n) is 19.6. The second kappa shape index (κ2) is 9.40. The Hall–Kier alpha value is -2.69. The number of benzene rings is 1. The van der Waals surface area contributed by atoms with Gasteiger partial charge in [0, 0.05) is 40.2 Å². The molecule has 3 heterocycles. The Labute approximate surface area is 207 Å². The van der Waals surface area contributed by atoms with Crippen molar-refractivity contribution in [3.8, 4) is 0 Å². The molecular weight excluding hydrogens is 497 g/mol. The maximum atomic E-state index is 13.7. The van der Waals surface area contributed by atoms with Gasteiger partial charge in [0.1, 0.15) is 10.9 Å². The quantitative estimate of drug-likeness (QED) is 0.365. The third-order valence-corrected chi connectivity index (χ3v) is 8.09. The molecule has 0 saturated carbocycles. The number of hydrogen-bond acceptors (Lipinski definition) is 5. The van der Waals surface area contributed by atoms with Crippen molar-refractivity contribution < 1.29 is 18.3 Å². The maximum Gasteiger partial charge on any atom is 0.416 e. The maximum absolute atomic E-state index is 13.7. The second-order valence-electron chi connectivity index (χ2n) is 8.95. The zero-order valence-corrected chi connectivity index (χ0v) is 21.3. The van der Waals surface area contributed by atoms with E-state index >= 15 is 0 Å². The van der Waals surface area contributed by atoms with Gasteiger partial charge in [0.15, 0.2) is 0 Å². The van der Waals surface area contributed by atoms with Crippen LogP contribution in [0.25, 0.3) is 10.2 Å². The number of alkyl halides is 3. The van der Waals surface area contributed by atoms with Crippen molar-refractivity contribution in [1.29, 1.82) is 0 Å². The van der Waals surface area contributed by atoms with Crippen LogP contribution in [0.15, 0.2) is 46.0 Å². The lowest BCUT2D eigenvalue weighted by Crippen LogP contribution is -2.38. The minimum absolute atomic E-state index is 0.0388. The number of rotatable bonds is 6. The van der Waals surface area contributed by atoms with E-state index in [0.717, 1.165) is 26.8 Å².